The first-order valence-corrected chi connectivity index (χ1v) is 9.52. The SMILES string of the molecule is C=Cc1ccc(CSc2n[nH]c(=O)c3cc(-c4ccc(C)cc4)nn23)cc1. The molecule has 0 radical (unpaired) electrons. The highest BCUT2D eigenvalue weighted by molar-refractivity contribution is 7.98. The van der Waals surface area contributed by atoms with Crippen LogP contribution in [0.15, 0.2) is 71.1 Å². The number of nitrogens with one attached hydrogen (secondary N) is 1. The Hall–Kier alpha value is -3.12. The lowest BCUT2D eigenvalue weighted by atomic mass is 10.1. The predicted octanol–water partition coefficient (Wildman–Crippen LogP) is 4.33. The third kappa shape index (κ3) is 3.57. The summed E-state index contributed by atoms with van der Waals surface area (Å²) in [4.78, 5) is 12.2. The van der Waals surface area contributed by atoms with Crippen molar-refractivity contribution in [2.75, 3.05) is 0 Å². The molecule has 0 amide bonds. The standard InChI is InChI=1S/C21H18N4OS/c1-3-15-6-8-16(9-7-15)13-27-21-23-22-20(26)19-12-18(24-25(19)21)17-10-4-14(2)5-11-17/h3-12H,1,13H2,2H3,(H,22,26). The molecule has 0 aliphatic rings. The molecule has 4 rings (SSSR count). The van der Waals surface area contributed by atoms with E-state index in [0.29, 0.717) is 10.7 Å². The van der Waals surface area contributed by atoms with Crippen LogP contribution >= 0.6 is 11.8 Å². The zero-order valence-electron chi connectivity index (χ0n) is 14.8. The van der Waals surface area contributed by atoms with E-state index in [1.807, 2.05) is 49.4 Å². The lowest BCUT2D eigenvalue weighted by Crippen LogP contribution is -2.13. The van der Waals surface area contributed by atoms with Crippen LogP contribution in [0.5, 0.6) is 0 Å². The first-order valence-electron chi connectivity index (χ1n) is 8.54. The van der Waals surface area contributed by atoms with Crippen LogP contribution in [0.25, 0.3) is 22.9 Å². The van der Waals surface area contributed by atoms with Gasteiger partial charge in [0.2, 0.25) is 5.16 Å². The first kappa shape index (κ1) is 17.3. The monoisotopic (exact) mass is 374 g/mol. The van der Waals surface area contributed by atoms with Crippen LogP contribution in [0.1, 0.15) is 16.7 Å². The van der Waals surface area contributed by atoms with E-state index in [9.17, 15) is 4.79 Å². The Morgan fingerprint density at radius 2 is 1.89 bits per heavy atom. The van der Waals surface area contributed by atoms with Crippen molar-refractivity contribution in [1.82, 2.24) is 19.8 Å². The number of nitrogens with zero attached hydrogens (tertiary/aromatic N) is 3. The molecule has 27 heavy (non-hydrogen) atoms. The van der Waals surface area contributed by atoms with Gasteiger partial charge in [-0.15, -0.1) is 5.10 Å². The molecule has 2 heterocycles. The van der Waals surface area contributed by atoms with Crippen molar-refractivity contribution in [1.29, 1.82) is 0 Å². The van der Waals surface area contributed by atoms with E-state index in [1.54, 1.807) is 10.6 Å². The Kier molecular flexibility index (Phi) is 4.64. The zero-order chi connectivity index (χ0) is 18.8. The summed E-state index contributed by atoms with van der Waals surface area (Å²) >= 11 is 1.53. The number of aromatic nitrogens is 4. The van der Waals surface area contributed by atoms with E-state index < -0.39 is 0 Å². The highest BCUT2D eigenvalue weighted by Crippen LogP contribution is 2.24. The number of fused-ring (bicyclic) bond motifs is 1. The molecule has 4 aromatic rings. The van der Waals surface area contributed by atoms with Gasteiger partial charge in [0.05, 0.1) is 5.69 Å². The minimum absolute atomic E-state index is 0.249. The van der Waals surface area contributed by atoms with Crippen LogP contribution in [0, 0.1) is 6.92 Å². The lowest BCUT2D eigenvalue weighted by molar-refractivity contribution is 0.728. The van der Waals surface area contributed by atoms with E-state index in [2.05, 4.69) is 34.0 Å². The Morgan fingerprint density at radius 1 is 1.15 bits per heavy atom. The molecule has 0 saturated heterocycles. The maximum absolute atomic E-state index is 12.2. The largest absolute Gasteiger partial charge is 0.290 e. The second-order valence-corrected chi connectivity index (χ2v) is 7.20. The fourth-order valence-electron chi connectivity index (χ4n) is 2.75. The average Bonchev–Trinajstić information content (AvgIpc) is 3.15. The Balaban J connectivity index is 1.66. The van der Waals surface area contributed by atoms with E-state index in [1.165, 1.54) is 17.3 Å². The van der Waals surface area contributed by atoms with Crippen molar-refractivity contribution in [3.63, 3.8) is 0 Å². The molecule has 2 aromatic carbocycles. The summed E-state index contributed by atoms with van der Waals surface area (Å²) in [5, 5.41) is 12.0. The number of benzene rings is 2. The van der Waals surface area contributed by atoms with Gasteiger partial charge in [-0.25, -0.2) is 9.61 Å². The summed E-state index contributed by atoms with van der Waals surface area (Å²) < 4.78 is 1.62. The summed E-state index contributed by atoms with van der Waals surface area (Å²) in [5.41, 5.74) is 5.40. The highest BCUT2D eigenvalue weighted by Gasteiger charge is 2.12. The normalized spacial score (nSPS) is 11.0. The number of H-pyrrole nitrogens is 1. The maximum atomic E-state index is 12.2. The molecule has 0 aliphatic carbocycles. The van der Waals surface area contributed by atoms with Crippen LogP contribution < -0.4 is 5.56 Å². The van der Waals surface area contributed by atoms with Crippen molar-refractivity contribution in [2.24, 2.45) is 0 Å². The van der Waals surface area contributed by atoms with Gasteiger partial charge in [-0.3, -0.25) is 4.79 Å². The molecule has 5 nitrogen and oxygen atoms in total. The van der Waals surface area contributed by atoms with Crippen LogP contribution in [0.2, 0.25) is 0 Å². The van der Waals surface area contributed by atoms with E-state index in [4.69, 9.17) is 0 Å². The summed E-state index contributed by atoms with van der Waals surface area (Å²) in [6.45, 7) is 5.81. The van der Waals surface area contributed by atoms with Gasteiger partial charge in [0.15, 0.2) is 0 Å². The van der Waals surface area contributed by atoms with Gasteiger partial charge in [0.25, 0.3) is 5.56 Å². The minimum Gasteiger partial charge on any atom is -0.266 e. The van der Waals surface area contributed by atoms with Gasteiger partial charge in [-0.05, 0) is 24.1 Å². The number of rotatable bonds is 5. The third-order valence-electron chi connectivity index (χ3n) is 4.31. The van der Waals surface area contributed by atoms with Gasteiger partial charge in [-0.1, -0.05) is 78.5 Å². The molecule has 0 unspecified atom stereocenters. The minimum atomic E-state index is -0.249. The molecule has 0 spiro atoms. The lowest BCUT2D eigenvalue weighted by Gasteiger charge is -2.04. The smallest absolute Gasteiger partial charge is 0.266 e. The molecule has 0 fully saturated rings. The van der Waals surface area contributed by atoms with Crippen molar-refractivity contribution in [2.45, 2.75) is 17.8 Å². The highest BCUT2D eigenvalue weighted by atomic mass is 32.2. The van der Waals surface area contributed by atoms with Gasteiger partial charge in [0.1, 0.15) is 5.52 Å². The Bertz CT molecular complexity index is 1160. The molecule has 0 saturated carbocycles. The topological polar surface area (TPSA) is 63.0 Å². The zero-order valence-corrected chi connectivity index (χ0v) is 15.7. The number of hydrogen-bond donors (Lipinski definition) is 1. The van der Waals surface area contributed by atoms with Crippen LogP contribution in [-0.2, 0) is 5.75 Å². The maximum Gasteiger partial charge on any atom is 0.290 e. The molecule has 0 bridgehead atoms. The van der Waals surface area contributed by atoms with Crippen LogP contribution in [0.3, 0.4) is 0 Å². The fourth-order valence-corrected chi connectivity index (χ4v) is 3.61. The van der Waals surface area contributed by atoms with E-state index in [0.717, 1.165) is 28.1 Å². The Labute approximate surface area is 160 Å². The molecular weight excluding hydrogens is 356 g/mol. The molecular formula is C21H18N4OS. The summed E-state index contributed by atoms with van der Waals surface area (Å²) in [5.74, 6) is 0.727. The van der Waals surface area contributed by atoms with E-state index >= 15 is 0 Å². The third-order valence-corrected chi connectivity index (χ3v) is 5.31. The molecule has 134 valence electrons. The second kappa shape index (κ2) is 7.25. The molecule has 6 heteroatoms. The molecule has 0 atom stereocenters. The predicted molar refractivity (Wildman–Crippen MR) is 110 cm³/mol. The summed E-state index contributed by atoms with van der Waals surface area (Å²) in [7, 11) is 0. The molecule has 0 aliphatic heterocycles. The van der Waals surface area contributed by atoms with Gasteiger partial charge >= 0.3 is 0 Å². The molecule has 1 N–H and O–H groups in total. The van der Waals surface area contributed by atoms with Crippen molar-refractivity contribution >= 4 is 23.4 Å². The fraction of sp³-hybridized carbons (Fsp3) is 0.0952. The van der Waals surface area contributed by atoms with Crippen LogP contribution in [0.4, 0.5) is 0 Å². The van der Waals surface area contributed by atoms with Gasteiger partial charge in [-0.2, -0.15) is 5.10 Å². The molecule has 2 aromatic heterocycles. The van der Waals surface area contributed by atoms with Crippen molar-refractivity contribution in [3.05, 3.63) is 88.2 Å². The number of aryl methyl sites for hydroxylation is 1. The Morgan fingerprint density at radius 3 is 2.59 bits per heavy atom. The average molecular weight is 374 g/mol. The summed E-state index contributed by atoms with van der Waals surface area (Å²) in [6, 6.07) is 18.1. The van der Waals surface area contributed by atoms with Crippen molar-refractivity contribution in [3.8, 4) is 11.3 Å². The van der Waals surface area contributed by atoms with Gasteiger partial charge < -0.3 is 0 Å². The van der Waals surface area contributed by atoms with Crippen molar-refractivity contribution < 1.29 is 0 Å². The second-order valence-electron chi connectivity index (χ2n) is 6.26. The first-order chi connectivity index (χ1) is 13.1. The number of aromatic amines is 1. The quantitative estimate of drug-likeness (QED) is 0.528. The van der Waals surface area contributed by atoms with Gasteiger partial charge in [0, 0.05) is 11.3 Å². The number of hydrogen-bond acceptors (Lipinski definition) is 4. The van der Waals surface area contributed by atoms with Crippen LogP contribution in [-0.4, -0.2) is 19.8 Å². The summed E-state index contributed by atoms with van der Waals surface area (Å²) in [6.07, 6.45) is 1.82. The number of thioether (sulfide) groups is 1. The van der Waals surface area contributed by atoms with E-state index in [-0.39, 0.29) is 5.56 Å².